The monoisotopic (exact) mass is 133 g/mol. The van der Waals surface area contributed by atoms with Gasteiger partial charge in [0.05, 0.1) is 0 Å². The van der Waals surface area contributed by atoms with Crippen LogP contribution in [0.5, 0.6) is 0 Å². The van der Waals surface area contributed by atoms with Crippen molar-refractivity contribution < 1.29 is 16.0 Å². The van der Waals surface area contributed by atoms with Gasteiger partial charge < -0.3 is 0 Å². The van der Waals surface area contributed by atoms with E-state index in [-0.39, 0.29) is 0 Å². The Hall–Kier alpha value is 0.479. The number of hydrogen-bond donors (Lipinski definition) is 0. The van der Waals surface area contributed by atoms with Crippen molar-refractivity contribution in [1.82, 2.24) is 4.90 Å². The Bertz CT molecular complexity index is 42.8. The first-order valence-corrected chi connectivity index (χ1v) is 2.83. The zero-order valence-corrected chi connectivity index (χ0v) is 4.52. The molecule has 1 saturated heterocycles. The molecule has 0 atom stereocenters. The Kier molecular flexibility index (Phi) is 1.52. The van der Waals surface area contributed by atoms with Gasteiger partial charge in [-0.3, -0.25) is 0 Å². The first kappa shape index (κ1) is 4.63. The van der Waals surface area contributed by atoms with E-state index < -0.39 is 0 Å². The van der Waals surface area contributed by atoms with E-state index in [1.165, 1.54) is 13.1 Å². The van der Waals surface area contributed by atoms with Crippen LogP contribution in [0, 0.1) is 0 Å². The molecule has 0 spiro atoms. The molecule has 2 heteroatoms. The van der Waals surface area contributed by atoms with Gasteiger partial charge in [0.1, 0.15) is 0 Å². The van der Waals surface area contributed by atoms with Crippen LogP contribution >= 0.6 is 0 Å². The second kappa shape index (κ2) is 1.97. The molecule has 1 heterocycles. The van der Waals surface area contributed by atoms with Gasteiger partial charge >= 0.3 is 45.9 Å². The Morgan fingerprint density at radius 2 is 2.17 bits per heavy atom. The third-order valence-electron chi connectivity index (χ3n) is 0.923. The van der Waals surface area contributed by atoms with Crippen molar-refractivity contribution in [3.63, 3.8) is 0 Å². The molecule has 0 bridgehead atoms. The van der Waals surface area contributed by atoms with Crippen molar-refractivity contribution in [2.24, 2.45) is 0 Å². The summed E-state index contributed by atoms with van der Waals surface area (Å²) in [5.41, 5.74) is 0. The van der Waals surface area contributed by atoms with Crippen LogP contribution in [0.4, 0.5) is 0 Å². The van der Waals surface area contributed by atoms with E-state index in [9.17, 15) is 0 Å². The van der Waals surface area contributed by atoms with E-state index in [1.807, 2.05) is 0 Å². The van der Waals surface area contributed by atoms with Crippen molar-refractivity contribution in [2.75, 3.05) is 19.6 Å². The number of hydrogen-bond acceptors (Lipinski definition) is 1. The van der Waals surface area contributed by atoms with E-state index in [1.54, 1.807) is 0 Å². The molecule has 0 saturated carbocycles. The Labute approximate surface area is 46.5 Å². The molecule has 1 aliphatic rings. The van der Waals surface area contributed by atoms with Gasteiger partial charge in [0.25, 0.3) is 0 Å². The van der Waals surface area contributed by atoms with Gasteiger partial charge in [-0.1, -0.05) is 0 Å². The van der Waals surface area contributed by atoms with E-state index in [0.29, 0.717) is 0 Å². The minimum absolute atomic E-state index is 0.882. The van der Waals surface area contributed by atoms with Crippen LogP contribution in [0.1, 0.15) is 0 Å². The van der Waals surface area contributed by atoms with Crippen LogP contribution < -0.4 is 0 Å². The molecule has 1 aliphatic heterocycles. The van der Waals surface area contributed by atoms with E-state index >= 15 is 0 Å². The van der Waals surface area contributed by atoms with Crippen LogP contribution in [0.2, 0.25) is 5.32 Å². The van der Waals surface area contributed by atoms with Crippen molar-refractivity contribution in [2.45, 2.75) is 5.32 Å². The summed E-state index contributed by atoms with van der Waals surface area (Å²) in [7, 11) is 0. The van der Waals surface area contributed by atoms with Gasteiger partial charge in [-0.05, 0) is 0 Å². The number of rotatable bonds is 2. The summed E-state index contributed by atoms with van der Waals surface area (Å²) in [6, 6.07) is 0. The molecule has 0 aromatic heterocycles. The second-order valence-electron chi connectivity index (χ2n) is 1.49. The fourth-order valence-corrected chi connectivity index (χ4v) is 0.687. The standard InChI is InChI=1S/C4H8N.Cu/c1-2-5-3-4-5;/h1-4H2;. The van der Waals surface area contributed by atoms with Crippen LogP contribution in [0.3, 0.4) is 0 Å². The first-order chi connectivity index (χ1) is 2.93. The van der Waals surface area contributed by atoms with Crippen molar-refractivity contribution in [3.05, 3.63) is 0 Å². The quantitative estimate of drug-likeness (QED) is 0.386. The molecule has 1 nitrogen and oxygen atoms in total. The Morgan fingerprint density at radius 3 is 2.33 bits per heavy atom. The summed E-state index contributed by atoms with van der Waals surface area (Å²) < 4.78 is 0. The summed E-state index contributed by atoms with van der Waals surface area (Å²) in [5, 5.41) is 0.882. The maximum absolute atomic E-state index is 4.85. The van der Waals surface area contributed by atoms with Gasteiger partial charge in [-0.15, -0.1) is 0 Å². The molecule has 1 fully saturated rings. The predicted octanol–water partition coefficient (Wildman–Crippen LogP) is 0.267. The molecule has 0 amide bonds. The molecule has 1 rings (SSSR count). The second-order valence-corrected chi connectivity index (χ2v) is 1.96. The third kappa shape index (κ3) is 1.29. The molecule has 0 aliphatic carbocycles. The Morgan fingerprint density at radius 1 is 1.50 bits per heavy atom. The topological polar surface area (TPSA) is 3.01 Å². The fourth-order valence-electron chi connectivity index (χ4n) is 0.390. The Balaban J connectivity index is 1.88. The van der Waals surface area contributed by atoms with Crippen LogP contribution in [0.25, 0.3) is 0 Å². The summed E-state index contributed by atoms with van der Waals surface area (Å²) in [6.07, 6.45) is 0. The number of nitrogens with zero attached hydrogens (tertiary/aromatic N) is 1. The maximum atomic E-state index is 4.85. The molecule has 40 valence electrons. The zero-order valence-electron chi connectivity index (χ0n) is 3.58. The predicted molar refractivity (Wildman–Crippen MR) is 21.2 cm³/mol. The molecule has 0 aromatic rings. The molecular weight excluding hydrogens is 126 g/mol. The average molecular weight is 134 g/mol. The SMILES string of the molecule is [Cu][CH2]CN1CC1. The van der Waals surface area contributed by atoms with E-state index in [4.69, 9.17) is 16.0 Å². The van der Waals surface area contributed by atoms with Crippen molar-refractivity contribution in [3.8, 4) is 0 Å². The van der Waals surface area contributed by atoms with Gasteiger partial charge in [0.15, 0.2) is 0 Å². The normalized spacial score (nSPS) is 21.7. The molecule has 6 heavy (non-hydrogen) atoms. The summed E-state index contributed by atoms with van der Waals surface area (Å²) in [5.74, 6) is 0. The summed E-state index contributed by atoms with van der Waals surface area (Å²) in [4.78, 5) is 2.32. The zero-order chi connectivity index (χ0) is 4.41. The van der Waals surface area contributed by atoms with Crippen molar-refractivity contribution in [1.29, 1.82) is 0 Å². The fraction of sp³-hybridized carbons (Fsp3) is 1.00. The minimum atomic E-state index is 0.882. The van der Waals surface area contributed by atoms with Gasteiger partial charge in [-0.2, -0.15) is 0 Å². The van der Waals surface area contributed by atoms with Gasteiger partial charge in [0, 0.05) is 0 Å². The molecule has 0 unspecified atom stereocenters. The first-order valence-electron chi connectivity index (χ1n) is 2.16. The van der Waals surface area contributed by atoms with Crippen LogP contribution in [-0.2, 0) is 16.0 Å². The summed E-state index contributed by atoms with van der Waals surface area (Å²) >= 11 is 4.85. The summed E-state index contributed by atoms with van der Waals surface area (Å²) in [6.45, 7) is 3.70. The van der Waals surface area contributed by atoms with Crippen molar-refractivity contribution >= 4 is 0 Å². The molecule has 0 N–H and O–H groups in total. The average Bonchev–Trinajstić information content (AvgIpc) is 2.21. The van der Waals surface area contributed by atoms with Crippen LogP contribution in [-0.4, -0.2) is 24.5 Å². The molecular formula is C4H8CuN. The van der Waals surface area contributed by atoms with Gasteiger partial charge in [0.2, 0.25) is 0 Å². The van der Waals surface area contributed by atoms with Crippen LogP contribution in [0.15, 0.2) is 0 Å². The van der Waals surface area contributed by atoms with Gasteiger partial charge in [-0.25, -0.2) is 0 Å². The van der Waals surface area contributed by atoms with E-state index in [0.717, 1.165) is 11.9 Å². The molecule has 0 radical (unpaired) electrons. The van der Waals surface area contributed by atoms with E-state index in [2.05, 4.69) is 4.90 Å². The third-order valence-corrected chi connectivity index (χ3v) is 1.13. The molecule has 0 aromatic carbocycles.